The van der Waals surface area contributed by atoms with Gasteiger partial charge in [0, 0.05) is 6.07 Å². The van der Waals surface area contributed by atoms with E-state index < -0.39 is 4.92 Å². The summed E-state index contributed by atoms with van der Waals surface area (Å²) in [6.45, 7) is 0.0799. The Morgan fingerprint density at radius 1 is 1.24 bits per heavy atom. The van der Waals surface area contributed by atoms with E-state index >= 15 is 0 Å². The number of hydrogen-bond donors (Lipinski definition) is 1. The average molecular weight is 372 g/mol. The highest BCUT2D eigenvalue weighted by Crippen LogP contribution is 2.27. The molecule has 0 aliphatic carbocycles. The first-order valence-electron chi connectivity index (χ1n) is 7.23. The molecule has 2 aromatic carbocycles. The standard InChI is InChI=1S/C17H12N2O4S2/c20-16-15(25-17(24)18-16)9-11-4-3-6-13(8-11)23-10-12-5-1-2-7-14(12)19(21)22/h1-9H,10H2,(H,18,20,24). The first kappa shape index (κ1) is 17.1. The van der Waals surface area contributed by atoms with Crippen LogP contribution in [0.3, 0.4) is 0 Å². The minimum absolute atomic E-state index is 0.0216. The zero-order valence-electron chi connectivity index (χ0n) is 12.8. The summed E-state index contributed by atoms with van der Waals surface area (Å²) in [6.07, 6.45) is 1.72. The molecule has 1 aliphatic rings. The van der Waals surface area contributed by atoms with Crippen LogP contribution >= 0.6 is 24.0 Å². The molecule has 0 aromatic heterocycles. The van der Waals surface area contributed by atoms with Gasteiger partial charge in [0.05, 0.1) is 15.4 Å². The zero-order chi connectivity index (χ0) is 17.8. The van der Waals surface area contributed by atoms with Crippen LogP contribution < -0.4 is 10.1 Å². The van der Waals surface area contributed by atoms with E-state index in [-0.39, 0.29) is 18.2 Å². The van der Waals surface area contributed by atoms with E-state index in [9.17, 15) is 14.9 Å². The number of rotatable bonds is 5. The van der Waals surface area contributed by atoms with Gasteiger partial charge in [-0.05, 0) is 29.8 Å². The number of nitro benzene ring substituents is 1. The molecule has 1 aliphatic heterocycles. The molecule has 2 aromatic rings. The summed E-state index contributed by atoms with van der Waals surface area (Å²) < 4.78 is 6.10. The van der Waals surface area contributed by atoms with Crippen LogP contribution in [-0.4, -0.2) is 15.2 Å². The first-order chi connectivity index (χ1) is 12.0. The minimum atomic E-state index is -0.432. The molecule has 1 N–H and O–H groups in total. The maximum absolute atomic E-state index is 11.7. The topological polar surface area (TPSA) is 81.5 Å². The van der Waals surface area contributed by atoms with Gasteiger partial charge in [-0.15, -0.1) is 0 Å². The number of thiocarbonyl (C=S) groups is 1. The monoisotopic (exact) mass is 372 g/mol. The lowest BCUT2D eigenvalue weighted by Gasteiger charge is -2.07. The third-order valence-electron chi connectivity index (χ3n) is 3.38. The van der Waals surface area contributed by atoms with Gasteiger partial charge in [0.25, 0.3) is 11.6 Å². The summed E-state index contributed by atoms with van der Waals surface area (Å²) in [5.41, 5.74) is 1.29. The lowest BCUT2D eigenvalue weighted by Crippen LogP contribution is -2.17. The number of para-hydroxylation sites is 1. The van der Waals surface area contributed by atoms with Crippen molar-refractivity contribution in [2.24, 2.45) is 0 Å². The van der Waals surface area contributed by atoms with Gasteiger partial charge >= 0.3 is 0 Å². The van der Waals surface area contributed by atoms with Crippen LogP contribution in [0.25, 0.3) is 6.08 Å². The lowest BCUT2D eigenvalue weighted by atomic mass is 10.2. The molecule has 126 valence electrons. The van der Waals surface area contributed by atoms with Gasteiger partial charge in [0.2, 0.25) is 0 Å². The van der Waals surface area contributed by atoms with Gasteiger partial charge < -0.3 is 10.1 Å². The zero-order valence-corrected chi connectivity index (χ0v) is 14.4. The van der Waals surface area contributed by atoms with E-state index in [0.29, 0.717) is 20.5 Å². The second kappa shape index (κ2) is 7.45. The number of hydrogen-bond acceptors (Lipinski definition) is 6. The molecule has 1 heterocycles. The lowest BCUT2D eigenvalue weighted by molar-refractivity contribution is -0.385. The van der Waals surface area contributed by atoms with Gasteiger partial charge in [-0.25, -0.2) is 0 Å². The van der Waals surface area contributed by atoms with E-state index in [0.717, 1.165) is 5.56 Å². The van der Waals surface area contributed by atoms with Gasteiger partial charge in [-0.1, -0.05) is 48.2 Å². The van der Waals surface area contributed by atoms with Crippen molar-refractivity contribution < 1.29 is 14.5 Å². The van der Waals surface area contributed by atoms with Crippen molar-refractivity contribution in [2.45, 2.75) is 6.61 Å². The summed E-state index contributed by atoms with van der Waals surface area (Å²) in [4.78, 5) is 22.8. The molecular formula is C17H12N2O4S2. The second-order valence-corrected chi connectivity index (χ2v) is 6.82. The number of carbonyl (C=O) groups excluding carboxylic acids is 1. The number of carbonyl (C=O) groups is 1. The maximum Gasteiger partial charge on any atom is 0.276 e. The summed E-state index contributed by atoms with van der Waals surface area (Å²) in [7, 11) is 0. The van der Waals surface area contributed by atoms with Crippen molar-refractivity contribution in [1.82, 2.24) is 5.32 Å². The van der Waals surface area contributed by atoms with Gasteiger partial charge in [-0.2, -0.15) is 0 Å². The highest BCUT2D eigenvalue weighted by atomic mass is 32.2. The molecule has 3 rings (SSSR count). The van der Waals surface area contributed by atoms with Crippen molar-refractivity contribution in [3.63, 3.8) is 0 Å². The van der Waals surface area contributed by atoms with Crippen molar-refractivity contribution in [3.05, 3.63) is 74.7 Å². The number of ether oxygens (including phenoxy) is 1. The molecule has 0 spiro atoms. The Morgan fingerprint density at radius 2 is 2.04 bits per heavy atom. The minimum Gasteiger partial charge on any atom is -0.489 e. The fourth-order valence-corrected chi connectivity index (χ4v) is 3.28. The third-order valence-corrected chi connectivity index (χ3v) is 4.54. The summed E-state index contributed by atoms with van der Waals surface area (Å²) in [5.74, 6) is 0.333. The smallest absolute Gasteiger partial charge is 0.276 e. The van der Waals surface area contributed by atoms with E-state index in [1.165, 1.54) is 17.8 Å². The number of amides is 1. The van der Waals surface area contributed by atoms with Crippen molar-refractivity contribution in [2.75, 3.05) is 0 Å². The molecule has 0 atom stereocenters. The fraction of sp³-hybridized carbons (Fsp3) is 0.0588. The Kier molecular flexibility index (Phi) is 5.11. The number of thioether (sulfide) groups is 1. The molecule has 6 nitrogen and oxygen atoms in total. The van der Waals surface area contributed by atoms with Crippen LogP contribution in [0.2, 0.25) is 0 Å². The van der Waals surface area contributed by atoms with Gasteiger partial charge in [0.1, 0.15) is 16.7 Å². The number of nitrogens with one attached hydrogen (secondary N) is 1. The highest BCUT2D eigenvalue weighted by Gasteiger charge is 2.21. The van der Waals surface area contributed by atoms with Gasteiger partial charge in [-0.3, -0.25) is 14.9 Å². The summed E-state index contributed by atoms with van der Waals surface area (Å²) in [6, 6.07) is 13.6. The molecular weight excluding hydrogens is 360 g/mol. The fourth-order valence-electron chi connectivity index (χ4n) is 2.24. The van der Waals surface area contributed by atoms with Crippen LogP contribution in [0.5, 0.6) is 5.75 Å². The molecule has 0 unspecified atom stereocenters. The predicted octanol–water partition coefficient (Wildman–Crippen LogP) is 3.66. The molecule has 0 saturated carbocycles. The Labute approximate surface area is 153 Å². The molecule has 1 fully saturated rings. The number of nitro groups is 1. The van der Waals surface area contributed by atoms with E-state index in [4.69, 9.17) is 17.0 Å². The Morgan fingerprint density at radius 3 is 2.76 bits per heavy atom. The molecule has 0 bridgehead atoms. The second-order valence-electron chi connectivity index (χ2n) is 5.10. The molecule has 1 saturated heterocycles. The quantitative estimate of drug-likeness (QED) is 0.373. The SMILES string of the molecule is O=C1NC(=S)SC1=Cc1cccc(OCc2ccccc2[N+](=O)[O-])c1. The first-order valence-corrected chi connectivity index (χ1v) is 8.45. The highest BCUT2D eigenvalue weighted by molar-refractivity contribution is 8.26. The van der Waals surface area contributed by atoms with Crippen LogP contribution in [-0.2, 0) is 11.4 Å². The van der Waals surface area contributed by atoms with Crippen LogP contribution in [0.15, 0.2) is 53.4 Å². The number of benzene rings is 2. The van der Waals surface area contributed by atoms with Crippen molar-refractivity contribution in [1.29, 1.82) is 0 Å². The van der Waals surface area contributed by atoms with E-state index in [1.54, 1.807) is 42.5 Å². The van der Waals surface area contributed by atoms with Crippen LogP contribution in [0.1, 0.15) is 11.1 Å². The Bertz CT molecular complexity index is 896. The average Bonchev–Trinajstić information content (AvgIpc) is 2.91. The Balaban J connectivity index is 1.75. The van der Waals surface area contributed by atoms with E-state index in [2.05, 4.69) is 5.32 Å². The third kappa shape index (κ3) is 4.23. The normalized spacial score (nSPS) is 15.3. The van der Waals surface area contributed by atoms with Crippen LogP contribution in [0.4, 0.5) is 5.69 Å². The Hall–Kier alpha value is -2.71. The molecule has 1 amide bonds. The largest absolute Gasteiger partial charge is 0.489 e. The maximum atomic E-state index is 11.7. The predicted molar refractivity (Wildman–Crippen MR) is 100 cm³/mol. The molecule has 25 heavy (non-hydrogen) atoms. The van der Waals surface area contributed by atoms with Crippen LogP contribution in [0, 0.1) is 10.1 Å². The van der Waals surface area contributed by atoms with Crippen molar-refractivity contribution >= 4 is 46.0 Å². The van der Waals surface area contributed by atoms with Gasteiger partial charge in [0.15, 0.2) is 0 Å². The van der Waals surface area contributed by atoms with Crippen molar-refractivity contribution in [3.8, 4) is 5.75 Å². The summed E-state index contributed by atoms with van der Waals surface area (Å²) >= 11 is 6.16. The summed E-state index contributed by atoms with van der Waals surface area (Å²) in [5, 5.41) is 13.6. The molecule has 0 radical (unpaired) electrons. The van der Waals surface area contributed by atoms with E-state index in [1.807, 2.05) is 6.07 Å². The molecule has 8 heteroatoms. The number of nitrogens with zero attached hydrogens (tertiary/aromatic N) is 1.